The summed E-state index contributed by atoms with van der Waals surface area (Å²) in [5.74, 6) is -1.01. The van der Waals surface area contributed by atoms with Gasteiger partial charge < -0.3 is 4.74 Å². The number of ketones is 1. The minimum absolute atomic E-state index is 0.0936. The zero-order chi connectivity index (χ0) is 13.5. The molecule has 0 aliphatic rings. The minimum Gasteiger partial charge on any atom is -0.466 e. The van der Waals surface area contributed by atoms with Crippen LogP contribution in [0.15, 0.2) is 18.2 Å². The number of halogens is 2. The van der Waals surface area contributed by atoms with Crippen molar-refractivity contribution >= 4 is 23.4 Å². The molecule has 0 radical (unpaired) electrons. The van der Waals surface area contributed by atoms with Crippen LogP contribution in [0.3, 0.4) is 0 Å². The fourth-order valence-corrected chi connectivity index (χ4v) is 1.75. The molecule has 0 saturated heterocycles. The van der Waals surface area contributed by atoms with Crippen molar-refractivity contribution in [2.45, 2.75) is 26.2 Å². The Kier molecular flexibility index (Phi) is 5.78. The van der Waals surface area contributed by atoms with Crippen molar-refractivity contribution in [2.75, 3.05) is 6.61 Å². The lowest BCUT2D eigenvalue weighted by molar-refractivity contribution is -0.143. The Bertz CT molecular complexity index is 446. The summed E-state index contributed by atoms with van der Waals surface area (Å²) in [6.07, 6.45) is 0.772. The molecule has 1 rings (SSSR count). The van der Waals surface area contributed by atoms with Crippen molar-refractivity contribution in [3.63, 3.8) is 0 Å². The van der Waals surface area contributed by atoms with E-state index in [2.05, 4.69) is 0 Å². The van der Waals surface area contributed by atoms with Crippen LogP contribution in [0.5, 0.6) is 0 Å². The number of benzene rings is 1. The van der Waals surface area contributed by atoms with Crippen LogP contribution in [-0.2, 0) is 9.53 Å². The number of carbonyl (C=O) groups is 2. The predicted molar refractivity (Wildman–Crippen MR) is 66.2 cm³/mol. The highest BCUT2D eigenvalue weighted by atomic mass is 35.5. The fraction of sp³-hybridized carbons (Fsp3) is 0.385. The largest absolute Gasteiger partial charge is 0.466 e. The fourth-order valence-electron chi connectivity index (χ4n) is 1.48. The molecule has 1 aromatic rings. The van der Waals surface area contributed by atoms with Gasteiger partial charge in [-0.3, -0.25) is 9.59 Å². The van der Waals surface area contributed by atoms with Crippen LogP contribution in [0.2, 0.25) is 5.02 Å². The highest BCUT2D eigenvalue weighted by Crippen LogP contribution is 2.19. The van der Waals surface area contributed by atoms with Gasteiger partial charge in [0.25, 0.3) is 0 Å². The second-order valence-electron chi connectivity index (χ2n) is 3.71. The predicted octanol–water partition coefficient (Wildman–Crippen LogP) is 3.40. The van der Waals surface area contributed by atoms with E-state index in [-0.39, 0.29) is 35.2 Å². The minimum atomic E-state index is -0.483. The van der Waals surface area contributed by atoms with Crippen molar-refractivity contribution in [1.29, 1.82) is 0 Å². The van der Waals surface area contributed by atoms with Gasteiger partial charge in [0.05, 0.1) is 11.6 Å². The summed E-state index contributed by atoms with van der Waals surface area (Å²) < 4.78 is 17.5. The van der Waals surface area contributed by atoms with Crippen LogP contribution in [0, 0.1) is 5.82 Å². The molecule has 0 aliphatic carbocycles. The normalized spacial score (nSPS) is 10.2. The first-order valence-corrected chi connectivity index (χ1v) is 6.06. The second-order valence-corrected chi connectivity index (χ2v) is 4.11. The maximum atomic E-state index is 12.8. The van der Waals surface area contributed by atoms with Crippen LogP contribution >= 0.6 is 11.6 Å². The van der Waals surface area contributed by atoms with E-state index < -0.39 is 5.82 Å². The lowest BCUT2D eigenvalue weighted by Gasteiger charge is -2.04. The molecule has 5 heteroatoms. The molecule has 3 nitrogen and oxygen atoms in total. The van der Waals surface area contributed by atoms with Crippen LogP contribution in [0.25, 0.3) is 0 Å². The molecule has 0 bridgehead atoms. The third-order valence-electron chi connectivity index (χ3n) is 2.32. The molecule has 0 saturated carbocycles. The van der Waals surface area contributed by atoms with E-state index in [4.69, 9.17) is 16.3 Å². The average Bonchev–Trinajstić information content (AvgIpc) is 2.29. The Hall–Kier alpha value is -1.42. The molecule has 0 aromatic heterocycles. The molecule has 0 heterocycles. The van der Waals surface area contributed by atoms with Crippen LogP contribution in [-0.4, -0.2) is 18.4 Å². The number of hydrogen-bond acceptors (Lipinski definition) is 3. The monoisotopic (exact) mass is 272 g/mol. The smallest absolute Gasteiger partial charge is 0.305 e. The van der Waals surface area contributed by atoms with Gasteiger partial charge >= 0.3 is 5.97 Å². The Morgan fingerprint density at radius 2 is 2.06 bits per heavy atom. The Morgan fingerprint density at radius 3 is 2.67 bits per heavy atom. The molecular formula is C13H14ClFO3. The molecule has 0 N–H and O–H groups in total. The molecule has 0 fully saturated rings. The van der Waals surface area contributed by atoms with Crippen LogP contribution in [0.4, 0.5) is 4.39 Å². The zero-order valence-corrected chi connectivity index (χ0v) is 10.8. The van der Waals surface area contributed by atoms with Gasteiger partial charge in [0.15, 0.2) is 5.78 Å². The van der Waals surface area contributed by atoms with Crippen molar-refractivity contribution in [2.24, 2.45) is 0 Å². The van der Waals surface area contributed by atoms with E-state index in [0.29, 0.717) is 13.0 Å². The number of ether oxygens (including phenoxy) is 1. The van der Waals surface area contributed by atoms with Gasteiger partial charge in [-0.1, -0.05) is 11.6 Å². The van der Waals surface area contributed by atoms with Gasteiger partial charge in [0.2, 0.25) is 0 Å². The molecule has 0 atom stereocenters. The van der Waals surface area contributed by atoms with E-state index in [1.54, 1.807) is 6.92 Å². The summed E-state index contributed by atoms with van der Waals surface area (Å²) in [6.45, 7) is 2.05. The van der Waals surface area contributed by atoms with E-state index in [9.17, 15) is 14.0 Å². The highest BCUT2D eigenvalue weighted by molar-refractivity contribution is 6.33. The third-order valence-corrected chi connectivity index (χ3v) is 2.63. The lowest BCUT2D eigenvalue weighted by Crippen LogP contribution is -2.06. The number of hydrogen-bond donors (Lipinski definition) is 0. The van der Waals surface area contributed by atoms with Crippen molar-refractivity contribution in [3.8, 4) is 0 Å². The van der Waals surface area contributed by atoms with Crippen LogP contribution < -0.4 is 0 Å². The van der Waals surface area contributed by atoms with Gasteiger partial charge in [0, 0.05) is 18.4 Å². The SMILES string of the molecule is CCOC(=O)CCCC(=O)c1ccc(F)cc1Cl. The molecule has 0 amide bonds. The zero-order valence-electron chi connectivity index (χ0n) is 10.0. The van der Waals surface area contributed by atoms with Gasteiger partial charge in [-0.05, 0) is 31.5 Å². The van der Waals surface area contributed by atoms with E-state index >= 15 is 0 Å². The molecule has 0 spiro atoms. The van der Waals surface area contributed by atoms with Gasteiger partial charge in [0.1, 0.15) is 5.82 Å². The van der Waals surface area contributed by atoms with Gasteiger partial charge in [-0.15, -0.1) is 0 Å². The standard InChI is InChI=1S/C13H14ClFO3/c1-2-18-13(17)5-3-4-12(16)10-7-6-9(15)8-11(10)14/h6-8H,2-5H2,1H3. The summed E-state index contributed by atoms with van der Waals surface area (Å²) in [5, 5.41) is 0.0936. The van der Waals surface area contributed by atoms with E-state index in [1.807, 2.05) is 0 Å². The van der Waals surface area contributed by atoms with Crippen molar-refractivity contribution in [1.82, 2.24) is 0 Å². The maximum absolute atomic E-state index is 12.8. The summed E-state index contributed by atoms with van der Waals surface area (Å²) in [5.41, 5.74) is 0.280. The number of esters is 1. The second kappa shape index (κ2) is 7.11. The van der Waals surface area contributed by atoms with Crippen molar-refractivity contribution < 1.29 is 18.7 Å². The van der Waals surface area contributed by atoms with Crippen LogP contribution in [0.1, 0.15) is 36.5 Å². The van der Waals surface area contributed by atoms with Gasteiger partial charge in [-0.2, -0.15) is 0 Å². The van der Waals surface area contributed by atoms with E-state index in [0.717, 1.165) is 6.07 Å². The molecule has 18 heavy (non-hydrogen) atoms. The number of carbonyl (C=O) groups excluding carboxylic acids is 2. The number of Topliss-reactive ketones (excluding diaryl/α,β-unsaturated/α-hetero) is 1. The highest BCUT2D eigenvalue weighted by Gasteiger charge is 2.12. The first-order chi connectivity index (χ1) is 8.54. The average molecular weight is 273 g/mol. The summed E-state index contributed by atoms with van der Waals surface area (Å²) >= 11 is 5.76. The van der Waals surface area contributed by atoms with Crippen molar-refractivity contribution in [3.05, 3.63) is 34.6 Å². The topological polar surface area (TPSA) is 43.4 Å². The molecular weight excluding hydrogens is 259 g/mol. The molecule has 98 valence electrons. The molecule has 0 aliphatic heterocycles. The Balaban J connectivity index is 2.48. The number of rotatable bonds is 6. The molecule has 1 aromatic carbocycles. The third kappa shape index (κ3) is 4.45. The Morgan fingerprint density at radius 1 is 1.33 bits per heavy atom. The Labute approximate surface area is 110 Å². The first kappa shape index (κ1) is 14.6. The van der Waals surface area contributed by atoms with E-state index in [1.165, 1.54) is 12.1 Å². The summed E-state index contributed by atoms with van der Waals surface area (Å²) in [4.78, 5) is 22.8. The first-order valence-electron chi connectivity index (χ1n) is 5.68. The lowest BCUT2D eigenvalue weighted by atomic mass is 10.1. The summed E-state index contributed by atoms with van der Waals surface area (Å²) in [7, 11) is 0. The summed E-state index contributed by atoms with van der Waals surface area (Å²) in [6, 6.07) is 3.63. The van der Waals surface area contributed by atoms with Gasteiger partial charge in [-0.25, -0.2) is 4.39 Å². The maximum Gasteiger partial charge on any atom is 0.305 e. The molecule has 0 unspecified atom stereocenters. The quantitative estimate of drug-likeness (QED) is 0.589.